The molecule has 2 amide bonds. The van der Waals surface area contributed by atoms with Gasteiger partial charge in [0, 0.05) is 44.0 Å². The van der Waals surface area contributed by atoms with Crippen LogP contribution in [-0.4, -0.2) is 42.9 Å². The van der Waals surface area contributed by atoms with Gasteiger partial charge in [-0.05, 0) is 48.4 Å². The van der Waals surface area contributed by atoms with Crippen molar-refractivity contribution in [3.8, 4) is 0 Å². The molecule has 1 saturated heterocycles. The third-order valence-electron chi connectivity index (χ3n) is 6.92. The molecule has 1 aliphatic rings. The lowest BCUT2D eigenvalue weighted by atomic mass is 10.1. The summed E-state index contributed by atoms with van der Waals surface area (Å²) in [6.07, 6.45) is 12.1. The van der Waals surface area contributed by atoms with Crippen LogP contribution in [0.1, 0.15) is 76.7 Å². The van der Waals surface area contributed by atoms with E-state index in [9.17, 15) is 14.0 Å². The number of nitrogens with one attached hydrogen (secondary N) is 1. The lowest BCUT2D eigenvalue weighted by Gasteiger charge is -2.36. The van der Waals surface area contributed by atoms with E-state index in [4.69, 9.17) is 0 Å². The van der Waals surface area contributed by atoms with Crippen LogP contribution in [0.25, 0.3) is 0 Å². The van der Waals surface area contributed by atoms with E-state index in [1.165, 1.54) is 57.1 Å². The number of piperazine rings is 1. The lowest BCUT2D eigenvalue weighted by Crippen LogP contribution is -2.49. The predicted molar refractivity (Wildman–Crippen MR) is 146 cm³/mol. The summed E-state index contributed by atoms with van der Waals surface area (Å²) in [6, 6.07) is 14.1. The first kappa shape index (κ1) is 27.7. The number of hydrogen-bond acceptors (Lipinski definition) is 3. The number of halogens is 1. The van der Waals surface area contributed by atoms with Crippen LogP contribution in [0.2, 0.25) is 0 Å². The Morgan fingerprint density at radius 2 is 1.36 bits per heavy atom. The first-order valence-electron chi connectivity index (χ1n) is 13.7. The Morgan fingerprint density at radius 1 is 0.778 bits per heavy atom. The lowest BCUT2D eigenvalue weighted by molar-refractivity contribution is -0.130. The highest BCUT2D eigenvalue weighted by molar-refractivity contribution is 5.90. The normalized spacial score (nSPS) is 13.6. The van der Waals surface area contributed by atoms with E-state index >= 15 is 0 Å². The maximum absolute atomic E-state index is 13.1. The molecule has 1 fully saturated rings. The fourth-order valence-corrected chi connectivity index (χ4v) is 4.68. The first-order chi connectivity index (χ1) is 17.5. The van der Waals surface area contributed by atoms with Crippen molar-refractivity contribution in [2.45, 2.75) is 77.6 Å². The summed E-state index contributed by atoms with van der Waals surface area (Å²) in [7, 11) is 0. The fraction of sp³-hybridized carbons (Fsp3) is 0.533. The minimum absolute atomic E-state index is 0.0753. The second-order valence-electron chi connectivity index (χ2n) is 9.84. The van der Waals surface area contributed by atoms with Gasteiger partial charge in [-0.15, -0.1) is 0 Å². The highest BCUT2D eigenvalue weighted by Crippen LogP contribution is 2.20. The number of unbranched alkanes of at least 4 members (excludes halogenated alkanes) is 8. The summed E-state index contributed by atoms with van der Waals surface area (Å²) >= 11 is 0. The van der Waals surface area contributed by atoms with Gasteiger partial charge in [-0.2, -0.15) is 0 Å². The van der Waals surface area contributed by atoms with Gasteiger partial charge in [-0.25, -0.2) is 4.39 Å². The van der Waals surface area contributed by atoms with Gasteiger partial charge < -0.3 is 15.1 Å². The zero-order valence-corrected chi connectivity index (χ0v) is 21.8. The van der Waals surface area contributed by atoms with Crippen LogP contribution in [0.3, 0.4) is 0 Å². The Labute approximate surface area is 216 Å². The SMILES string of the molecule is CCCCCCCCCCCC(=O)Nc1ccc(N2CCN(C(=O)Cc3ccc(F)cc3)CC2)cc1. The molecule has 36 heavy (non-hydrogen) atoms. The summed E-state index contributed by atoms with van der Waals surface area (Å²) in [5.41, 5.74) is 2.75. The summed E-state index contributed by atoms with van der Waals surface area (Å²) in [5.74, 6) is -0.130. The summed E-state index contributed by atoms with van der Waals surface area (Å²) in [5, 5.41) is 3.01. The predicted octanol–water partition coefficient (Wildman–Crippen LogP) is 6.58. The third-order valence-corrected chi connectivity index (χ3v) is 6.92. The van der Waals surface area contributed by atoms with Crippen molar-refractivity contribution in [3.63, 3.8) is 0 Å². The molecular formula is C30H42FN3O2. The summed E-state index contributed by atoms with van der Waals surface area (Å²) < 4.78 is 13.1. The third kappa shape index (κ3) is 9.63. The Bertz CT molecular complexity index is 922. The van der Waals surface area contributed by atoms with Crippen LogP contribution in [0.5, 0.6) is 0 Å². The molecule has 0 unspecified atom stereocenters. The van der Waals surface area contributed by atoms with Crippen molar-refractivity contribution in [2.24, 2.45) is 0 Å². The highest BCUT2D eigenvalue weighted by atomic mass is 19.1. The van der Waals surface area contributed by atoms with Crippen molar-refractivity contribution in [2.75, 3.05) is 36.4 Å². The number of anilines is 2. The molecular weight excluding hydrogens is 453 g/mol. The van der Waals surface area contributed by atoms with Crippen LogP contribution in [-0.2, 0) is 16.0 Å². The van der Waals surface area contributed by atoms with Gasteiger partial charge in [0.1, 0.15) is 5.82 Å². The molecule has 3 rings (SSSR count). The van der Waals surface area contributed by atoms with Crippen molar-refractivity contribution >= 4 is 23.2 Å². The number of carbonyl (C=O) groups excluding carboxylic acids is 2. The van der Waals surface area contributed by atoms with E-state index in [-0.39, 0.29) is 17.6 Å². The number of rotatable bonds is 14. The van der Waals surface area contributed by atoms with Gasteiger partial charge in [-0.3, -0.25) is 9.59 Å². The Hall–Kier alpha value is -2.89. The number of nitrogens with zero attached hydrogens (tertiary/aromatic N) is 2. The number of benzene rings is 2. The van der Waals surface area contributed by atoms with Crippen molar-refractivity contribution in [3.05, 3.63) is 59.9 Å². The first-order valence-corrected chi connectivity index (χ1v) is 13.7. The molecule has 0 aliphatic carbocycles. The highest BCUT2D eigenvalue weighted by Gasteiger charge is 2.21. The fourth-order valence-electron chi connectivity index (χ4n) is 4.68. The number of amides is 2. The minimum Gasteiger partial charge on any atom is -0.368 e. The van der Waals surface area contributed by atoms with E-state index < -0.39 is 0 Å². The largest absolute Gasteiger partial charge is 0.368 e. The maximum Gasteiger partial charge on any atom is 0.227 e. The van der Waals surface area contributed by atoms with Crippen LogP contribution in [0.15, 0.2) is 48.5 Å². The van der Waals surface area contributed by atoms with Crippen molar-refractivity contribution in [1.82, 2.24) is 4.90 Å². The standard InChI is InChI=1S/C30H42FN3O2/c1-2-3-4-5-6-7-8-9-10-11-29(35)32-27-16-18-28(19-17-27)33-20-22-34(23-21-33)30(36)24-25-12-14-26(31)15-13-25/h12-19H,2-11,20-24H2,1H3,(H,32,35). The van der Waals surface area contributed by atoms with Gasteiger partial charge in [0.05, 0.1) is 6.42 Å². The molecule has 6 heteroatoms. The molecule has 2 aromatic carbocycles. The molecule has 0 aromatic heterocycles. The average Bonchev–Trinajstić information content (AvgIpc) is 2.89. The zero-order valence-electron chi connectivity index (χ0n) is 21.8. The van der Waals surface area contributed by atoms with Crippen LogP contribution >= 0.6 is 0 Å². The van der Waals surface area contributed by atoms with Gasteiger partial charge in [0.25, 0.3) is 0 Å². The Kier molecular flexibility index (Phi) is 11.7. The second-order valence-corrected chi connectivity index (χ2v) is 9.84. The Balaban J connectivity index is 1.31. The van der Waals surface area contributed by atoms with Gasteiger partial charge in [0.2, 0.25) is 11.8 Å². The second kappa shape index (κ2) is 15.3. The van der Waals surface area contributed by atoms with Crippen molar-refractivity contribution in [1.29, 1.82) is 0 Å². The summed E-state index contributed by atoms with van der Waals surface area (Å²) in [4.78, 5) is 29.0. The van der Waals surface area contributed by atoms with Crippen molar-refractivity contribution < 1.29 is 14.0 Å². The zero-order chi connectivity index (χ0) is 25.6. The molecule has 0 saturated carbocycles. The van der Waals surface area contributed by atoms with Crippen LogP contribution in [0, 0.1) is 5.82 Å². The van der Waals surface area contributed by atoms with E-state index in [0.29, 0.717) is 25.9 Å². The smallest absolute Gasteiger partial charge is 0.227 e. The molecule has 0 spiro atoms. The topological polar surface area (TPSA) is 52.7 Å². The van der Waals surface area contributed by atoms with Gasteiger partial charge >= 0.3 is 0 Å². The van der Waals surface area contributed by atoms with Crippen LogP contribution in [0.4, 0.5) is 15.8 Å². The molecule has 2 aromatic rings. The molecule has 0 radical (unpaired) electrons. The van der Waals surface area contributed by atoms with Gasteiger partial charge in [-0.1, -0.05) is 70.4 Å². The van der Waals surface area contributed by atoms with E-state index in [1.54, 1.807) is 12.1 Å². The molecule has 0 atom stereocenters. The Morgan fingerprint density at radius 3 is 1.97 bits per heavy atom. The maximum atomic E-state index is 13.1. The molecule has 1 heterocycles. The minimum atomic E-state index is -0.288. The average molecular weight is 496 g/mol. The molecule has 1 N–H and O–H groups in total. The molecule has 1 aliphatic heterocycles. The van der Waals surface area contributed by atoms with E-state index in [1.807, 2.05) is 29.2 Å². The monoisotopic (exact) mass is 495 g/mol. The number of carbonyl (C=O) groups is 2. The molecule has 0 bridgehead atoms. The summed E-state index contributed by atoms with van der Waals surface area (Å²) in [6.45, 7) is 5.10. The molecule has 5 nitrogen and oxygen atoms in total. The number of hydrogen-bond donors (Lipinski definition) is 1. The van der Waals surface area contributed by atoms with Crippen LogP contribution < -0.4 is 10.2 Å². The molecule has 196 valence electrons. The quantitative estimate of drug-likeness (QED) is 0.301. The van der Waals surface area contributed by atoms with E-state index in [0.717, 1.165) is 42.9 Å². The van der Waals surface area contributed by atoms with Gasteiger partial charge in [0.15, 0.2) is 0 Å². The van der Waals surface area contributed by atoms with E-state index in [2.05, 4.69) is 17.1 Å².